The van der Waals surface area contributed by atoms with Gasteiger partial charge in [0.1, 0.15) is 6.04 Å². The second-order valence-corrected chi connectivity index (χ2v) is 7.22. The molecule has 24 heavy (non-hydrogen) atoms. The molecule has 1 atom stereocenters. The van der Waals surface area contributed by atoms with Crippen LogP contribution < -0.4 is 5.32 Å². The molecule has 0 fully saturated rings. The summed E-state index contributed by atoms with van der Waals surface area (Å²) < 4.78 is 0. The van der Waals surface area contributed by atoms with Gasteiger partial charge in [0.2, 0.25) is 0 Å². The van der Waals surface area contributed by atoms with Crippen molar-refractivity contribution in [1.82, 2.24) is 5.32 Å². The van der Waals surface area contributed by atoms with Crippen LogP contribution in [0.3, 0.4) is 0 Å². The van der Waals surface area contributed by atoms with Crippen LogP contribution in [-0.2, 0) is 0 Å². The molecule has 1 aliphatic heterocycles. The molecule has 2 aromatic carbocycles. The van der Waals surface area contributed by atoms with Crippen LogP contribution in [0, 0.1) is 6.92 Å². The molecule has 1 N–H and O–H groups in total. The third-order valence-corrected chi connectivity index (χ3v) is 5.15. The number of thioether (sulfide) groups is 1. The Hall–Kier alpha value is -2.33. The van der Waals surface area contributed by atoms with Crippen LogP contribution in [0.5, 0.6) is 0 Å². The van der Waals surface area contributed by atoms with E-state index in [9.17, 15) is 4.79 Å². The normalized spacial score (nSPS) is 18.8. The van der Waals surface area contributed by atoms with E-state index in [1.165, 1.54) is 5.56 Å². The van der Waals surface area contributed by atoms with E-state index in [0.717, 1.165) is 38.9 Å². The molecule has 0 aromatic heterocycles. The Morgan fingerprint density at radius 1 is 1.08 bits per heavy atom. The molecule has 0 amide bonds. The van der Waals surface area contributed by atoms with Crippen molar-refractivity contribution < 1.29 is 4.79 Å². The quantitative estimate of drug-likeness (QED) is 0.887. The number of aryl methyl sites for hydroxylation is 1. The fraction of sp³-hybridized carbons (Fsp3) is 0.200. The van der Waals surface area contributed by atoms with Crippen LogP contribution in [0.4, 0.5) is 0 Å². The molecular weight excluding hydrogens is 316 g/mol. The maximum Gasteiger partial charge on any atom is 0.194 e. The summed E-state index contributed by atoms with van der Waals surface area (Å²) in [4.78, 5) is 17.8. The molecule has 120 valence electrons. The molecule has 0 saturated heterocycles. The van der Waals surface area contributed by atoms with Gasteiger partial charge >= 0.3 is 0 Å². The Morgan fingerprint density at radius 2 is 1.79 bits per heavy atom. The maximum atomic E-state index is 13.0. The monoisotopic (exact) mass is 334 g/mol. The number of ketones is 1. The smallest absolute Gasteiger partial charge is 0.194 e. The molecule has 4 heteroatoms. The minimum absolute atomic E-state index is 0.0861. The standard InChI is InChI=1S/C20H18N2OS/c1-3-24-20-21-17(13-10-8-12(2)9-11-13)16-18(22-20)14-6-4-5-7-15(14)19(16)23/h4-11,17H,3H2,1-2H3,(H,21,22)/t17-/m0/s1. The van der Waals surface area contributed by atoms with E-state index in [2.05, 4.69) is 43.4 Å². The summed E-state index contributed by atoms with van der Waals surface area (Å²) in [5.41, 5.74) is 5.71. The van der Waals surface area contributed by atoms with Gasteiger partial charge in [-0.3, -0.25) is 4.79 Å². The Morgan fingerprint density at radius 3 is 2.50 bits per heavy atom. The van der Waals surface area contributed by atoms with E-state index in [1.54, 1.807) is 11.8 Å². The molecule has 0 spiro atoms. The van der Waals surface area contributed by atoms with Crippen molar-refractivity contribution in [1.29, 1.82) is 0 Å². The van der Waals surface area contributed by atoms with Gasteiger partial charge in [-0.25, -0.2) is 4.99 Å². The summed E-state index contributed by atoms with van der Waals surface area (Å²) in [6.45, 7) is 4.17. The highest BCUT2D eigenvalue weighted by atomic mass is 32.2. The van der Waals surface area contributed by atoms with Crippen LogP contribution in [-0.4, -0.2) is 16.7 Å². The fourth-order valence-corrected chi connectivity index (χ4v) is 3.85. The highest BCUT2D eigenvalue weighted by Gasteiger charge is 2.38. The number of Topliss-reactive ketones (excluding diaryl/α,β-unsaturated/α-hetero) is 1. The number of amidine groups is 1. The Labute approximate surface area is 145 Å². The van der Waals surface area contributed by atoms with E-state index >= 15 is 0 Å². The van der Waals surface area contributed by atoms with E-state index in [-0.39, 0.29) is 11.8 Å². The van der Waals surface area contributed by atoms with Gasteiger partial charge in [0.25, 0.3) is 0 Å². The van der Waals surface area contributed by atoms with Crippen molar-refractivity contribution in [3.05, 3.63) is 76.4 Å². The molecule has 0 bridgehead atoms. The van der Waals surface area contributed by atoms with Crippen LogP contribution >= 0.6 is 11.8 Å². The average Bonchev–Trinajstić information content (AvgIpc) is 2.89. The van der Waals surface area contributed by atoms with Gasteiger partial charge in [-0.1, -0.05) is 72.8 Å². The van der Waals surface area contributed by atoms with Gasteiger partial charge in [-0.15, -0.1) is 0 Å². The fourth-order valence-electron chi connectivity index (χ4n) is 3.22. The van der Waals surface area contributed by atoms with Crippen molar-refractivity contribution >= 4 is 28.4 Å². The minimum atomic E-state index is -0.240. The largest absolute Gasteiger partial charge is 0.334 e. The SMILES string of the molecule is CCSC1=N[C@@H](c2ccc(C)cc2)C2=C(N1)c1ccccc1C2=O. The van der Waals surface area contributed by atoms with E-state index in [4.69, 9.17) is 4.99 Å². The lowest BCUT2D eigenvalue weighted by Gasteiger charge is -2.24. The van der Waals surface area contributed by atoms with Crippen molar-refractivity contribution in [3.8, 4) is 0 Å². The molecule has 4 rings (SSSR count). The highest BCUT2D eigenvalue weighted by Crippen LogP contribution is 2.42. The zero-order chi connectivity index (χ0) is 16.7. The minimum Gasteiger partial charge on any atom is -0.334 e. The molecule has 1 aliphatic carbocycles. The molecule has 0 saturated carbocycles. The number of hydrogen-bond acceptors (Lipinski definition) is 4. The third kappa shape index (κ3) is 2.38. The first-order valence-electron chi connectivity index (χ1n) is 8.11. The first-order chi connectivity index (χ1) is 11.7. The zero-order valence-corrected chi connectivity index (χ0v) is 14.5. The number of carbonyl (C=O) groups excluding carboxylic acids is 1. The Kier molecular flexibility index (Phi) is 3.77. The van der Waals surface area contributed by atoms with Gasteiger partial charge in [-0.2, -0.15) is 0 Å². The van der Waals surface area contributed by atoms with Gasteiger partial charge in [0.15, 0.2) is 11.0 Å². The van der Waals surface area contributed by atoms with Crippen molar-refractivity contribution in [2.45, 2.75) is 19.9 Å². The molecule has 1 heterocycles. The number of nitrogens with one attached hydrogen (secondary N) is 1. The van der Waals surface area contributed by atoms with Gasteiger partial charge in [-0.05, 0) is 18.2 Å². The van der Waals surface area contributed by atoms with E-state index in [0.29, 0.717) is 0 Å². The molecule has 2 aromatic rings. The number of benzene rings is 2. The van der Waals surface area contributed by atoms with Gasteiger partial charge < -0.3 is 5.32 Å². The second kappa shape index (κ2) is 5.95. The van der Waals surface area contributed by atoms with Crippen molar-refractivity contribution in [2.75, 3.05) is 5.75 Å². The Bertz CT molecular complexity index is 881. The zero-order valence-electron chi connectivity index (χ0n) is 13.7. The van der Waals surface area contributed by atoms with Crippen LogP contribution in [0.15, 0.2) is 59.1 Å². The number of fused-ring (bicyclic) bond motifs is 2. The summed E-state index contributed by atoms with van der Waals surface area (Å²) in [7, 11) is 0. The predicted molar refractivity (Wildman–Crippen MR) is 100 cm³/mol. The number of rotatable bonds is 2. The number of aliphatic imine (C=N–C) groups is 1. The number of nitrogens with zero attached hydrogens (tertiary/aromatic N) is 1. The summed E-state index contributed by atoms with van der Waals surface area (Å²) >= 11 is 1.67. The Balaban J connectivity index is 1.86. The highest BCUT2D eigenvalue weighted by molar-refractivity contribution is 8.13. The maximum absolute atomic E-state index is 13.0. The second-order valence-electron chi connectivity index (χ2n) is 5.97. The number of hydrogen-bond donors (Lipinski definition) is 1. The summed E-state index contributed by atoms with van der Waals surface area (Å²) in [5, 5.41) is 4.27. The van der Waals surface area contributed by atoms with Crippen molar-refractivity contribution in [2.24, 2.45) is 4.99 Å². The summed E-state index contributed by atoms with van der Waals surface area (Å²) in [6.07, 6.45) is 0. The summed E-state index contributed by atoms with van der Waals surface area (Å²) in [6, 6.07) is 15.9. The first-order valence-corrected chi connectivity index (χ1v) is 9.10. The third-order valence-electron chi connectivity index (χ3n) is 4.38. The van der Waals surface area contributed by atoms with Crippen LogP contribution in [0.25, 0.3) is 5.70 Å². The lowest BCUT2D eigenvalue weighted by molar-refractivity contribution is 0.103. The van der Waals surface area contributed by atoms with Gasteiger partial charge in [0, 0.05) is 11.1 Å². The molecule has 2 aliphatic rings. The molecule has 0 radical (unpaired) electrons. The van der Waals surface area contributed by atoms with Crippen molar-refractivity contribution in [3.63, 3.8) is 0 Å². The molecule has 0 unspecified atom stereocenters. The molecular formula is C20H18N2OS. The van der Waals surface area contributed by atoms with E-state index in [1.807, 2.05) is 24.3 Å². The average molecular weight is 334 g/mol. The summed E-state index contributed by atoms with van der Waals surface area (Å²) in [5.74, 6) is 1.02. The van der Waals surface area contributed by atoms with Crippen LogP contribution in [0.2, 0.25) is 0 Å². The number of carbonyl (C=O) groups is 1. The lowest BCUT2D eigenvalue weighted by atomic mass is 9.95. The lowest BCUT2D eigenvalue weighted by Crippen LogP contribution is -2.26. The predicted octanol–water partition coefficient (Wildman–Crippen LogP) is 4.36. The van der Waals surface area contributed by atoms with E-state index < -0.39 is 0 Å². The first kappa shape index (κ1) is 15.2. The topological polar surface area (TPSA) is 41.5 Å². The van der Waals surface area contributed by atoms with Gasteiger partial charge in [0.05, 0.1) is 11.3 Å². The molecule has 3 nitrogen and oxygen atoms in total. The van der Waals surface area contributed by atoms with Crippen LogP contribution in [0.1, 0.15) is 40.0 Å².